The Labute approximate surface area is 235 Å². The largest absolute Gasteiger partial charge is 0.310 e. The first kappa shape index (κ1) is 21.2. The van der Waals surface area contributed by atoms with Crippen molar-refractivity contribution in [3.8, 4) is 11.4 Å². The molecule has 0 spiro atoms. The Hall–Kier alpha value is -4.67. The summed E-state index contributed by atoms with van der Waals surface area (Å²) >= 11 is 1.91. The van der Waals surface area contributed by atoms with E-state index in [1.54, 1.807) is 0 Å². The summed E-state index contributed by atoms with van der Waals surface area (Å²) in [4.78, 5) is 2.72. The molecule has 6 aromatic carbocycles. The van der Waals surface area contributed by atoms with Gasteiger partial charge in [0.2, 0.25) is 6.71 Å². The van der Waals surface area contributed by atoms with Crippen molar-refractivity contribution in [2.75, 3.05) is 0 Å². The number of fused-ring (bicyclic) bond motifs is 11. The van der Waals surface area contributed by atoms with Gasteiger partial charge in [-0.15, -0.1) is 0 Å². The molecule has 40 heavy (non-hydrogen) atoms. The zero-order valence-electron chi connectivity index (χ0n) is 21.5. The van der Waals surface area contributed by atoms with Crippen LogP contribution in [0.4, 0.5) is 0 Å². The molecule has 0 unspecified atom stereocenters. The normalized spacial score (nSPS) is 13.3. The maximum Gasteiger partial charge on any atom is 0.249 e. The molecule has 4 heterocycles. The molecule has 184 valence electrons. The minimum absolute atomic E-state index is 0.189. The summed E-state index contributed by atoms with van der Waals surface area (Å²) in [5, 5.41) is 5.32. The molecule has 10 rings (SSSR count). The molecule has 2 aliphatic rings. The Bertz CT molecular complexity index is 2360. The molecule has 0 atom stereocenters. The minimum atomic E-state index is 0.189. The Morgan fingerprint density at radius 2 is 1.18 bits per heavy atom. The van der Waals surface area contributed by atoms with Crippen LogP contribution in [-0.2, 0) is 0 Å². The van der Waals surface area contributed by atoms with Crippen molar-refractivity contribution in [1.82, 2.24) is 9.13 Å². The number of hydrogen-bond acceptors (Lipinski definition) is 1. The van der Waals surface area contributed by atoms with Gasteiger partial charge < -0.3 is 9.13 Å². The van der Waals surface area contributed by atoms with Gasteiger partial charge in [0.15, 0.2) is 0 Å². The first-order chi connectivity index (χ1) is 19.9. The van der Waals surface area contributed by atoms with Crippen LogP contribution in [-0.4, -0.2) is 15.8 Å². The summed E-state index contributed by atoms with van der Waals surface area (Å²) in [6, 6.07) is 47.1. The van der Waals surface area contributed by atoms with E-state index < -0.39 is 0 Å². The Balaban J connectivity index is 1.51. The van der Waals surface area contributed by atoms with Crippen molar-refractivity contribution in [3.63, 3.8) is 0 Å². The van der Waals surface area contributed by atoms with Gasteiger partial charge in [0.25, 0.3) is 0 Å². The summed E-state index contributed by atoms with van der Waals surface area (Å²) in [6.45, 7) is 0.189. The van der Waals surface area contributed by atoms with Crippen molar-refractivity contribution < 1.29 is 0 Å². The van der Waals surface area contributed by atoms with E-state index in [4.69, 9.17) is 0 Å². The van der Waals surface area contributed by atoms with Crippen molar-refractivity contribution in [2.45, 2.75) is 9.79 Å². The third kappa shape index (κ3) is 2.49. The van der Waals surface area contributed by atoms with Crippen LogP contribution in [0.1, 0.15) is 0 Å². The molecule has 0 N–H and O–H groups in total. The van der Waals surface area contributed by atoms with E-state index in [0.29, 0.717) is 0 Å². The fourth-order valence-corrected chi connectivity index (χ4v) is 8.65. The number of nitrogens with zero attached hydrogens (tertiary/aromatic N) is 2. The number of aromatic nitrogens is 2. The number of rotatable bonds is 1. The van der Waals surface area contributed by atoms with Crippen molar-refractivity contribution in [3.05, 3.63) is 127 Å². The Kier molecular flexibility index (Phi) is 3.97. The smallest absolute Gasteiger partial charge is 0.249 e. The summed E-state index contributed by atoms with van der Waals surface area (Å²) in [5.41, 5.74) is 11.9. The molecule has 0 radical (unpaired) electrons. The van der Waals surface area contributed by atoms with Gasteiger partial charge in [0.05, 0.1) is 22.1 Å². The summed E-state index contributed by atoms with van der Waals surface area (Å²) in [6.07, 6.45) is 0. The highest BCUT2D eigenvalue weighted by atomic mass is 32.2. The van der Waals surface area contributed by atoms with E-state index in [-0.39, 0.29) is 6.71 Å². The molecule has 4 heteroatoms. The maximum atomic E-state index is 2.55. The van der Waals surface area contributed by atoms with E-state index in [1.807, 2.05) is 11.8 Å². The van der Waals surface area contributed by atoms with Crippen LogP contribution in [0.2, 0.25) is 0 Å². The van der Waals surface area contributed by atoms with E-state index in [9.17, 15) is 0 Å². The van der Waals surface area contributed by atoms with E-state index in [1.165, 1.54) is 81.2 Å². The van der Waals surface area contributed by atoms with Crippen molar-refractivity contribution in [1.29, 1.82) is 0 Å². The van der Waals surface area contributed by atoms with Gasteiger partial charge in [-0.2, -0.15) is 0 Å². The van der Waals surface area contributed by atoms with Crippen LogP contribution in [0.3, 0.4) is 0 Å². The summed E-state index contributed by atoms with van der Waals surface area (Å²) in [7, 11) is 0. The van der Waals surface area contributed by atoms with Crippen molar-refractivity contribution in [2.24, 2.45) is 0 Å². The number of hydrogen-bond donors (Lipinski definition) is 0. The monoisotopic (exact) mass is 524 g/mol. The average molecular weight is 524 g/mol. The summed E-state index contributed by atoms with van der Waals surface area (Å²) < 4.78 is 5.02. The van der Waals surface area contributed by atoms with Crippen molar-refractivity contribution >= 4 is 78.5 Å². The zero-order chi connectivity index (χ0) is 25.9. The van der Waals surface area contributed by atoms with Gasteiger partial charge in [0, 0.05) is 42.7 Å². The molecular formula is C36H21BN2S. The predicted molar refractivity (Wildman–Crippen MR) is 170 cm³/mol. The molecule has 2 aromatic heterocycles. The van der Waals surface area contributed by atoms with Gasteiger partial charge in [-0.3, -0.25) is 0 Å². The number of benzene rings is 6. The zero-order valence-corrected chi connectivity index (χ0v) is 22.3. The number of para-hydroxylation sites is 3. The average Bonchev–Trinajstić information content (AvgIpc) is 3.53. The van der Waals surface area contributed by atoms with Gasteiger partial charge in [0.1, 0.15) is 0 Å². The minimum Gasteiger partial charge on any atom is -0.310 e. The van der Waals surface area contributed by atoms with Gasteiger partial charge in [-0.1, -0.05) is 96.1 Å². The van der Waals surface area contributed by atoms with Crippen LogP contribution in [0.15, 0.2) is 137 Å². The van der Waals surface area contributed by atoms with Crippen LogP contribution < -0.4 is 16.4 Å². The van der Waals surface area contributed by atoms with Crippen LogP contribution in [0.25, 0.3) is 55.0 Å². The standard InChI is InChI=1S/C36H21BN2S/c1-2-11-22(12-3-1)38-27-16-7-4-13-23(27)33-30(38)21-26-36-34(33)24-14-5-8-17-28(24)39(36)29-18-10-20-32-35(29)37(26)25-15-6-9-19-31(25)40-32/h1-21H. The highest BCUT2D eigenvalue weighted by Gasteiger charge is 2.40. The lowest BCUT2D eigenvalue weighted by Gasteiger charge is -2.33. The van der Waals surface area contributed by atoms with Crippen LogP contribution in [0, 0.1) is 0 Å². The molecule has 2 aliphatic heterocycles. The first-order valence-electron chi connectivity index (χ1n) is 13.8. The van der Waals surface area contributed by atoms with Gasteiger partial charge in [-0.05, 0) is 59.5 Å². The fourth-order valence-electron chi connectivity index (χ4n) is 7.48. The molecule has 0 amide bonds. The molecular weight excluding hydrogens is 503 g/mol. The predicted octanol–water partition coefficient (Wildman–Crippen LogP) is 7.18. The SMILES string of the molecule is c1ccc(-n2c3ccccc3c3c4c5ccccc5n5c4c(cc32)B2c3ccccc3Sc3cccc-5c32)cc1. The topological polar surface area (TPSA) is 9.86 Å². The van der Waals surface area contributed by atoms with Crippen LogP contribution >= 0.6 is 11.8 Å². The second kappa shape index (κ2) is 7.50. The van der Waals surface area contributed by atoms with E-state index in [0.717, 1.165) is 0 Å². The summed E-state index contributed by atoms with van der Waals surface area (Å²) in [5.74, 6) is 0. The van der Waals surface area contributed by atoms with Gasteiger partial charge >= 0.3 is 0 Å². The maximum absolute atomic E-state index is 2.55. The molecule has 2 nitrogen and oxygen atoms in total. The van der Waals surface area contributed by atoms with E-state index >= 15 is 0 Å². The van der Waals surface area contributed by atoms with Gasteiger partial charge in [-0.25, -0.2) is 0 Å². The molecule has 0 bridgehead atoms. The molecule has 0 saturated carbocycles. The molecule has 0 aliphatic carbocycles. The highest BCUT2D eigenvalue weighted by molar-refractivity contribution is 8.00. The highest BCUT2D eigenvalue weighted by Crippen LogP contribution is 2.44. The lowest BCUT2D eigenvalue weighted by Crippen LogP contribution is -2.58. The molecule has 0 saturated heterocycles. The van der Waals surface area contributed by atoms with Crippen LogP contribution in [0.5, 0.6) is 0 Å². The fraction of sp³-hybridized carbons (Fsp3) is 0. The quantitative estimate of drug-likeness (QED) is 0.207. The lowest BCUT2D eigenvalue weighted by atomic mass is 9.35. The van der Waals surface area contributed by atoms with E-state index in [2.05, 4.69) is 137 Å². The third-order valence-corrected chi connectivity index (χ3v) is 10.1. The Morgan fingerprint density at radius 1 is 0.500 bits per heavy atom. The lowest BCUT2D eigenvalue weighted by molar-refractivity contribution is 1.17. The first-order valence-corrected chi connectivity index (χ1v) is 14.6. The molecule has 8 aromatic rings. The molecule has 0 fully saturated rings. The second-order valence-electron chi connectivity index (χ2n) is 10.9. The Morgan fingerprint density at radius 3 is 2.02 bits per heavy atom. The third-order valence-electron chi connectivity index (χ3n) is 8.95. The second-order valence-corrected chi connectivity index (χ2v) is 12.0.